The van der Waals surface area contributed by atoms with Gasteiger partial charge in [0.05, 0.1) is 0 Å². The van der Waals surface area contributed by atoms with Crippen LogP contribution < -0.4 is 0 Å². The molecular weight excluding hydrogens is 352 g/mol. The van der Waals surface area contributed by atoms with E-state index in [0.29, 0.717) is 12.8 Å². The first kappa shape index (κ1) is 29.2. The van der Waals surface area contributed by atoms with E-state index in [2.05, 4.69) is 23.7 Å². The Balaban J connectivity index is 0. The summed E-state index contributed by atoms with van der Waals surface area (Å²) < 4.78 is 0. The summed E-state index contributed by atoms with van der Waals surface area (Å²) in [6, 6.07) is 0. The topological polar surface area (TPSA) is 80.9 Å². The zero-order valence-electron chi connectivity index (χ0n) is 19.8. The Kier molecular flexibility index (Phi) is 12.3. The van der Waals surface area contributed by atoms with E-state index in [0.717, 1.165) is 12.8 Å². The lowest BCUT2D eigenvalue weighted by Crippen LogP contribution is -2.33. The van der Waals surface area contributed by atoms with E-state index < -0.39 is 22.4 Å². The van der Waals surface area contributed by atoms with E-state index in [1.807, 2.05) is 41.5 Å². The van der Waals surface area contributed by atoms with Crippen LogP contribution in [0.4, 0.5) is 0 Å². The molecule has 0 bridgehead atoms. The fourth-order valence-electron chi connectivity index (χ4n) is 1.91. The van der Waals surface area contributed by atoms with Crippen molar-refractivity contribution in [3.05, 3.63) is 0 Å². The third-order valence-corrected chi connectivity index (χ3v) is 4.89. The molecule has 4 N–H and O–H groups in total. The first-order valence-electron chi connectivity index (χ1n) is 10.4. The quantitative estimate of drug-likeness (QED) is 0.513. The maximum atomic E-state index is 9.85. The average molecular weight is 397 g/mol. The van der Waals surface area contributed by atoms with Gasteiger partial charge in [-0.25, -0.2) is 0 Å². The fourth-order valence-corrected chi connectivity index (χ4v) is 1.91. The van der Waals surface area contributed by atoms with Crippen molar-refractivity contribution in [3.63, 3.8) is 0 Å². The van der Waals surface area contributed by atoms with Crippen LogP contribution in [-0.4, -0.2) is 42.8 Å². The first-order chi connectivity index (χ1) is 12.4. The smallest absolute Gasteiger partial charge is 0.125 e. The molecule has 0 rings (SSSR count). The second-order valence-electron chi connectivity index (χ2n) is 9.15. The van der Waals surface area contributed by atoms with Crippen LogP contribution in [0.5, 0.6) is 0 Å². The minimum Gasteiger partial charge on any atom is -0.378 e. The van der Waals surface area contributed by atoms with Gasteiger partial charge in [-0.05, 0) is 52.4 Å². The van der Waals surface area contributed by atoms with Gasteiger partial charge in [0.1, 0.15) is 22.4 Å². The monoisotopic (exact) mass is 396 g/mol. The molecule has 0 spiro atoms. The van der Waals surface area contributed by atoms with E-state index in [1.165, 1.54) is 0 Å². The van der Waals surface area contributed by atoms with Crippen molar-refractivity contribution in [1.29, 1.82) is 0 Å². The number of hydrogen-bond donors (Lipinski definition) is 4. The molecule has 0 aliphatic heterocycles. The van der Waals surface area contributed by atoms with Crippen LogP contribution in [0, 0.1) is 35.5 Å². The van der Waals surface area contributed by atoms with Gasteiger partial charge in [-0.15, -0.1) is 0 Å². The highest BCUT2D eigenvalue weighted by atomic mass is 16.3. The van der Waals surface area contributed by atoms with Crippen molar-refractivity contribution in [3.8, 4) is 23.7 Å². The molecule has 0 amide bonds. The van der Waals surface area contributed by atoms with Crippen molar-refractivity contribution in [2.24, 2.45) is 11.8 Å². The molecule has 0 aromatic heterocycles. The molecule has 0 saturated carbocycles. The Morgan fingerprint density at radius 3 is 1.00 bits per heavy atom. The molecule has 0 aromatic carbocycles. The normalized spacial score (nSPS) is 19.4. The molecule has 4 nitrogen and oxygen atoms in total. The van der Waals surface area contributed by atoms with E-state index in [4.69, 9.17) is 0 Å². The summed E-state index contributed by atoms with van der Waals surface area (Å²) in [5.41, 5.74) is -3.99. The van der Waals surface area contributed by atoms with Crippen LogP contribution >= 0.6 is 0 Å². The third kappa shape index (κ3) is 13.2. The number of rotatable bonds is 6. The zero-order valence-corrected chi connectivity index (χ0v) is 19.8. The first-order valence-corrected chi connectivity index (χ1v) is 10.4. The predicted molar refractivity (Wildman–Crippen MR) is 118 cm³/mol. The summed E-state index contributed by atoms with van der Waals surface area (Å²) in [7, 11) is 0. The van der Waals surface area contributed by atoms with Crippen molar-refractivity contribution >= 4 is 0 Å². The van der Waals surface area contributed by atoms with Gasteiger partial charge in [-0.2, -0.15) is 0 Å². The Hall–Kier alpha value is -1.04. The molecule has 0 heterocycles. The summed E-state index contributed by atoms with van der Waals surface area (Å²) in [6.45, 7) is 18.3. The lowest BCUT2D eigenvalue weighted by molar-refractivity contribution is 0.0611. The lowest BCUT2D eigenvalue weighted by atomic mass is 9.89. The predicted octanol–water partition coefficient (Wildman–Crippen LogP) is 3.90. The molecule has 0 saturated heterocycles. The summed E-state index contributed by atoms with van der Waals surface area (Å²) in [5, 5.41) is 39.2. The third-order valence-electron chi connectivity index (χ3n) is 4.89. The van der Waals surface area contributed by atoms with Gasteiger partial charge in [0.2, 0.25) is 0 Å². The van der Waals surface area contributed by atoms with Crippen molar-refractivity contribution in [1.82, 2.24) is 0 Å². The number of aliphatic hydroxyl groups is 4. The van der Waals surface area contributed by atoms with Gasteiger partial charge in [0.15, 0.2) is 0 Å². The van der Waals surface area contributed by atoms with E-state index >= 15 is 0 Å². The van der Waals surface area contributed by atoms with E-state index in [-0.39, 0.29) is 11.8 Å². The van der Waals surface area contributed by atoms with E-state index in [1.54, 1.807) is 27.7 Å². The molecule has 0 aliphatic carbocycles. The molecule has 4 heteroatoms. The minimum atomic E-state index is -1.03. The molecule has 4 atom stereocenters. The highest BCUT2D eigenvalue weighted by molar-refractivity contribution is 5.20. The molecule has 0 aromatic rings. The Bertz CT molecular complexity index is 515. The van der Waals surface area contributed by atoms with Crippen LogP contribution in [0.1, 0.15) is 94.9 Å². The molecule has 0 radical (unpaired) electrons. The van der Waals surface area contributed by atoms with Gasteiger partial charge < -0.3 is 20.4 Å². The summed E-state index contributed by atoms with van der Waals surface area (Å²) in [5.74, 6) is 11.1. The van der Waals surface area contributed by atoms with Crippen LogP contribution in [0.25, 0.3) is 0 Å². The van der Waals surface area contributed by atoms with Crippen molar-refractivity contribution in [2.75, 3.05) is 0 Å². The van der Waals surface area contributed by atoms with Gasteiger partial charge in [0.25, 0.3) is 0 Å². The van der Waals surface area contributed by atoms with E-state index in [9.17, 15) is 20.4 Å². The summed E-state index contributed by atoms with van der Waals surface area (Å²) in [4.78, 5) is 0. The molecule has 28 heavy (non-hydrogen) atoms. The molecular formula is C24H44O4. The molecule has 0 aliphatic rings. The highest BCUT2D eigenvalue weighted by Gasteiger charge is 2.26. The van der Waals surface area contributed by atoms with Crippen LogP contribution in [0.2, 0.25) is 0 Å². The number of hydrogen-bond acceptors (Lipinski definition) is 4. The van der Waals surface area contributed by atoms with Gasteiger partial charge in [0, 0.05) is 0 Å². The largest absolute Gasteiger partial charge is 0.378 e. The standard InChI is InChI=1S/2C12H22O2/c1-9(2)11(5,13)7-8-12(6,14)10(3)4;1-5-7-11(3,13)9-10-12(4,14)8-6-2/h9-10,13-14H,1-6H3;13-14H,5-8H2,1-4H3. The van der Waals surface area contributed by atoms with Crippen molar-refractivity contribution in [2.45, 2.75) is 117 Å². The minimum absolute atomic E-state index is 0.0537. The molecule has 4 unspecified atom stereocenters. The second kappa shape index (κ2) is 11.8. The van der Waals surface area contributed by atoms with Gasteiger partial charge in [-0.3, -0.25) is 0 Å². The second-order valence-corrected chi connectivity index (χ2v) is 9.15. The highest BCUT2D eigenvalue weighted by Crippen LogP contribution is 2.18. The van der Waals surface area contributed by atoms with Gasteiger partial charge in [-0.1, -0.05) is 78.1 Å². The summed E-state index contributed by atoms with van der Waals surface area (Å²) in [6.07, 6.45) is 3.06. The Morgan fingerprint density at radius 1 is 0.571 bits per heavy atom. The van der Waals surface area contributed by atoms with Crippen LogP contribution in [0.15, 0.2) is 0 Å². The van der Waals surface area contributed by atoms with Crippen molar-refractivity contribution < 1.29 is 20.4 Å². The van der Waals surface area contributed by atoms with Gasteiger partial charge >= 0.3 is 0 Å². The lowest BCUT2D eigenvalue weighted by Gasteiger charge is -2.24. The Labute approximate surface area is 173 Å². The zero-order chi connectivity index (χ0) is 22.8. The average Bonchev–Trinajstić information content (AvgIpc) is 2.52. The summed E-state index contributed by atoms with van der Waals surface area (Å²) >= 11 is 0. The molecule has 0 fully saturated rings. The SMILES string of the molecule is CC(C)C(C)(O)C#CC(C)(O)C(C)C.CCCC(C)(O)C#CC(C)(O)CCC. The maximum Gasteiger partial charge on any atom is 0.125 e. The van der Waals surface area contributed by atoms with Crippen LogP contribution in [0.3, 0.4) is 0 Å². The van der Waals surface area contributed by atoms with Crippen LogP contribution in [-0.2, 0) is 0 Å². The maximum absolute atomic E-state index is 9.85. The Morgan fingerprint density at radius 2 is 0.821 bits per heavy atom. The molecule has 164 valence electrons. The fraction of sp³-hybridized carbons (Fsp3) is 0.833.